The molecule has 0 saturated heterocycles. The van der Waals surface area contributed by atoms with Gasteiger partial charge in [0.05, 0.1) is 16.4 Å². The summed E-state index contributed by atoms with van der Waals surface area (Å²) in [6, 6.07) is 5.70. The number of aromatic amines is 2. The number of anilines is 1. The lowest BCUT2D eigenvalue weighted by atomic mass is 10.1. The van der Waals surface area contributed by atoms with Crippen LogP contribution in [0.1, 0.15) is 31.0 Å². The van der Waals surface area contributed by atoms with E-state index in [4.69, 9.17) is 27.3 Å². The number of rotatable bonds is 4. The molecule has 2 heterocycles. The Kier molecular flexibility index (Phi) is 5.20. The molecule has 0 bridgehead atoms. The molecule has 3 rings (SSSR count). The van der Waals surface area contributed by atoms with Gasteiger partial charge >= 0.3 is 5.69 Å². The second-order valence-electron chi connectivity index (χ2n) is 6.22. The predicted octanol–water partition coefficient (Wildman–Crippen LogP) is 1.03. The third-order valence-electron chi connectivity index (χ3n) is 3.87. The summed E-state index contributed by atoms with van der Waals surface area (Å²) < 4.78 is 6.39. The number of nitrogens with one attached hydrogen (secondary N) is 2. The minimum atomic E-state index is -0.905. The summed E-state index contributed by atoms with van der Waals surface area (Å²) in [6.07, 6.45) is 0. The minimum absolute atomic E-state index is 0.0116. The molecule has 0 aliphatic carbocycles. The van der Waals surface area contributed by atoms with Crippen molar-refractivity contribution in [1.82, 2.24) is 25.0 Å². The van der Waals surface area contributed by atoms with Crippen molar-refractivity contribution in [2.24, 2.45) is 0 Å². The second kappa shape index (κ2) is 7.61. The Morgan fingerprint density at radius 2 is 1.97 bits per heavy atom. The highest BCUT2D eigenvalue weighted by atomic mass is 35.5. The molecule has 3 aromatic rings. The molecule has 0 atom stereocenters. The van der Waals surface area contributed by atoms with E-state index in [1.807, 2.05) is 18.8 Å². The van der Waals surface area contributed by atoms with Gasteiger partial charge in [0.1, 0.15) is 6.07 Å². The average Bonchev–Trinajstić information content (AvgIpc) is 2.65. The van der Waals surface area contributed by atoms with Crippen molar-refractivity contribution >= 4 is 17.3 Å². The van der Waals surface area contributed by atoms with Gasteiger partial charge in [-0.05, 0) is 18.1 Å². The van der Waals surface area contributed by atoms with Gasteiger partial charge < -0.3 is 10.5 Å². The van der Waals surface area contributed by atoms with Crippen LogP contribution in [0.5, 0.6) is 11.6 Å². The Morgan fingerprint density at radius 3 is 2.59 bits per heavy atom. The fraction of sp³-hybridized carbons (Fsp3) is 0.176. The highest BCUT2D eigenvalue weighted by Crippen LogP contribution is 2.36. The van der Waals surface area contributed by atoms with Crippen molar-refractivity contribution in [3.05, 3.63) is 65.7 Å². The normalized spacial score (nSPS) is 10.7. The number of hydrogen-bond acceptors (Lipinski definition) is 8. The Morgan fingerprint density at radius 1 is 1.24 bits per heavy atom. The van der Waals surface area contributed by atoms with Gasteiger partial charge in [0.25, 0.3) is 11.1 Å². The lowest BCUT2D eigenvalue weighted by Crippen LogP contribution is -2.33. The first-order valence-corrected chi connectivity index (χ1v) is 8.59. The lowest BCUT2D eigenvalue weighted by molar-refractivity contribution is 0.454. The smallest absolute Gasteiger partial charge is 0.349 e. The molecule has 12 heteroatoms. The van der Waals surface area contributed by atoms with Crippen molar-refractivity contribution in [3.63, 3.8) is 0 Å². The highest BCUT2D eigenvalue weighted by molar-refractivity contribution is 6.32. The van der Waals surface area contributed by atoms with Crippen LogP contribution in [0, 0.1) is 11.3 Å². The molecule has 0 radical (unpaired) electrons. The summed E-state index contributed by atoms with van der Waals surface area (Å²) in [7, 11) is 0. The van der Waals surface area contributed by atoms with Crippen LogP contribution < -0.4 is 27.3 Å². The fourth-order valence-corrected chi connectivity index (χ4v) is 2.72. The highest BCUT2D eigenvalue weighted by Gasteiger charge is 2.16. The van der Waals surface area contributed by atoms with Crippen molar-refractivity contribution in [2.75, 3.05) is 5.73 Å². The summed E-state index contributed by atoms with van der Waals surface area (Å²) in [5.74, 6) is 0.0511. The molecule has 4 N–H and O–H groups in total. The first kappa shape index (κ1) is 19.8. The molecular formula is C17H14ClN7O4. The molecule has 0 aliphatic rings. The molecule has 0 amide bonds. The Hall–Kier alpha value is -3.91. The van der Waals surface area contributed by atoms with Gasteiger partial charge in [-0.2, -0.15) is 9.94 Å². The summed E-state index contributed by atoms with van der Waals surface area (Å²) in [5.41, 5.74) is 3.99. The van der Waals surface area contributed by atoms with Crippen LogP contribution in [0.15, 0.2) is 32.6 Å². The number of benzene rings is 1. The van der Waals surface area contributed by atoms with Crippen LogP contribution in [0.25, 0.3) is 5.69 Å². The standard InChI is InChI=1S/C17H14ClN7O4/c1-7(2)9-5-13(22-23-15(9)26)29-14-10(18)3-8(4-11(14)20)25-17(28)21-16(27)12(6-19)24-25/h3-5,7H,20H2,1-2H3,(H,23,26)(H,21,27,28). The number of nitrogen functional groups attached to an aromatic ring is 1. The molecule has 0 unspecified atom stereocenters. The predicted molar refractivity (Wildman–Crippen MR) is 104 cm³/mol. The minimum Gasteiger partial charge on any atom is -0.434 e. The van der Waals surface area contributed by atoms with Crippen LogP contribution in [0.2, 0.25) is 5.02 Å². The molecule has 1 aromatic carbocycles. The average molecular weight is 416 g/mol. The third-order valence-corrected chi connectivity index (χ3v) is 4.15. The van der Waals surface area contributed by atoms with Crippen LogP contribution >= 0.6 is 11.6 Å². The number of aromatic nitrogens is 5. The van der Waals surface area contributed by atoms with Crippen LogP contribution in [-0.2, 0) is 0 Å². The van der Waals surface area contributed by atoms with E-state index in [-0.39, 0.29) is 39.5 Å². The number of nitrogens with two attached hydrogens (primary N) is 1. The van der Waals surface area contributed by atoms with Gasteiger partial charge in [0.2, 0.25) is 11.6 Å². The first-order chi connectivity index (χ1) is 13.7. The molecule has 2 aromatic heterocycles. The maximum atomic E-state index is 12.0. The van der Waals surface area contributed by atoms with E-state index in [1.54, 1.807) is 6.07 Å². The number of hydrogen-bond donors (Lipinski definition) is 3. The number of nitriles is 1. The van der Waals surface area contributed by atoms with E-state index in [1.165, 1.54) is 18.2 Å². The van der Waals surface area contributed by atoms with E-state index >= 15 is 0 Å². The molecule has 0 saturated carbocycles. The molecule has 11 nitrogen and oxygen atoms in total. The number of H-pyrrole nitrogens is 2. The largest absolute Gasteiger partial charge is 0.434 e. The van der Waals surface area contributed by atoms with Crippen molar-refractivity contribution in [1.29, 1.82) is 5.26 Å². The SMILES string of the molecule is CC(C)c1cc(Oc2c(N)cc(-n3nc(C#N)c(=O)[nH]c3=O)cc2Cl)n[nH]c1=O. The van der Waals surface area contributed by atoms with Crippen LogP contribution in [0.3, 0.4) is 0 Å². The molecule has 0 spiro atoms. The zero-order valence-corrected chi connectivity index (χ0v) is 15.9. The van der Waals surface area contributed by atoms with Gasteiger partial charge in [-0.15, -0.1) is 10.2 Å². The summed E-state index contributed by atoms with van der Waals surface area (Å²) >= 11 is 6.24. The number of halogens is 1. The molecule has 0 fully saturated rings. The summed E-state index contributed by atoms with van der Waals surface area (Å²) in [6.45, 7) is 3.68. The Labute approximate surface area is 167 Å². The van der Waals surface area contributed by atoms with Gasteiger partial charge in [-0.3, -0.25) is 14.6 Å². The topological polar surface area (TPSA) is 173 Å². The first-order valence-electron chi connectivity index (χ1n) is 8.22. The molecular weight excluding hydrogens is 402 g/mol. The third kappa shape index (κ3) is 3.87. The van der Waals surface area contributed by atoms with Crippen molar-refractivity contribution < 1.29 is 4.74 Å². The second-order valence-corrected chi connectivity index (χ2v) is 6.63. The van der Waals surface area contributed by atoms with E-state index in [0.717, 1.165) is 4.68 Å². The van der Waals surface area contributed by atoms with Crippen LogP contribution in [-0.4, -0.2) is 25.0 Å². The maximum Gasteiger partial charge on any atom is 0.349 e. The number of ether oxygens (including phenoxy) is 1. The molecule has 29 heavy (non-hydrogen) atoms. The van der Waals surface area contributed by atoms with E-state index in [0.29, 0.717) is 5.56 Å². The molecule has 148 valence electrons. The summed E-state index contributed by atoms with van der Waals surface area (Å²) in [5, 5.41) is 18.8. The van der Waals surface area contributed by atoms with Crippen LogP contribution in [0.4, 0.5) is 5.69 Å². The zero-order valence-electron chi connectivity index (χ0n) is 15.2. The van der Waals surface area contributed by atoms with E-state index in [2.05, 4.69) is 15.3 Å². The quantitative estimate of drug-likeness (QED) is 0.529. The number of nitrogens with zero attached hydrogens (tertiary/aromatic N) is 4. The Bertz CT molecular complexity index is 1290. The van der Waals surface area contributed by atoms with E-state index in [9.17, 15) is 14.4 Å². The summed E-state index contributed by atoms with van der Waals surface area (Å²) in [4.78, 5) is 37.3. The van der Waals surface area contributed by atoms with Crippen molar-refractivity contribution in [3.8, 4) is 23.4 Å². The van der Waals surface area contributed by atoms with Crippen molar-refractivity contribution in [2.45, 2.75) is 19.8 Å². The van der Waals surface area contributed by atoms with Gasteiger partial charge in [-0.25, -0.2) is 9.89 Å². The Balaban J connectivity index is 2.05. The monoisotopic (exact) mass is 415 g/mol. The van der Waals surface area contributed by atoms with Gasteiger partial charge in [0, 0.05) is 11.6 Å². The van der Waals surface area contributed by atoms with E-state index < -0.39 is 16.9 Å². The molecule has 0 aliphatic heterocycles. The lowest BCUT2D eigenvalue weighted by Gasteiger charge is -2.13. The maximum absolute atomic E-state index is 12.0. The van der Waals surface area contributed by atoms with Gasteiger partial charge in [0.15, 0.2) is 5.75 Å². The fourth-order valence-electron chi connectivity index (χ4n) is 2.46. The van der Waals surface area contributed by atoms with Gasteiger partial charge in [-0.1, -0.05) is 25.4 Å². The zero-order chi connectivity index (χ0) is 21.3.